The smallest absolute Gasteiger partial charge is 0.306 e. The van der Waals surface area contributed by atoms with E-state index in [2.05, 4.69) is 5.32 Å². The minimum Gasteiger partial charge on any atom is -0.481 e. The largest absolute Gasteiger partial charge is 0.481 e. The number of carbonyl (C=O) groups is 2. The fourth-order valence-electron chi connectivity index (χ4n) is 1.64. The van der Waals surface area contributed by atoms with Gasteiger partial charge in [-0.1, -0.05) is 0 Å². The maximum Gasteiger partial charge on any atom is 0.306 e. The minimum absolute atomic E-state index is 0.0383. The Kier molecular flexibility index (Phi) is 3.28. The first-order valence-corrected chi connectivity index (χ1v) is 4.63. The maximum absolute atomic E-state index is 11.1. The fourth-order valence-corrected chi connectivity index (χ4v) is 1.64. The Morgan fingerprint density at radius 2 is 2.08 bits per heavy atom. The fraction of sp³-hybridized carbons (Fsp3) is 0.778. The zero-order valence-corrected chi connectivity index (χ0v) is 7.75. The molecule has 0 aromatic carbocycles. The molecule has 13 heavy (non-hydrogen) atoms. The van der Waals surface area contributed by atoms with Crippen molar-refractivity contribution in [1.29, 1.82) is 0 Å². The Balaban J connectivity index is 2.14. The summed E-state index contributed by atoms with van der Waals surface area (Å²) in [5.74, 6) is -0.615. The second kappa shape index (κ2) is 4.25. The van der Waals surface area contributed by atoms with Gasteiger partial charge in [0.25, 0.3) is 0 Å². The lowest BCUT2D eigenvalue weighted by molar-refractivity contribution is -0.147. The third kappa shape index (κ3) is 2.72. The molecule has 1 amide bonds. The van der Waals surface area contributed by atoms with Crippen LogP contribution < -0.4 is 5.32 Å². The molecule has 4 heteroatoms. The number of hydrogen-bond acceptors (Lipinski definition) is 2. The van der Waals surface area contributed by atoms with E-state index in [-0.39, 0.29) is 17.7 Å². The molecular formula is C9H15NO3. The second-order valence-corrected chi connectivity index (χ2v) is 3.53. The molecule has 0 aromatic heterocycles. The van der Waals surface area contributed by atoms with Crippen LogP contribution in [0.3, 0.4) is 0 Å². The average molecular weight is 185 g/mol. The summed E-state index contributed by atoms with van der Waals surface area (Å²) in [6.45, 7) is 2.52. The molecule has 1 fully saturated rings. The molecule has 0 unspecified atom stereocenters. The van der Waals surface area contributed by atoms with Crippen LogP contribution in [0.4, 0.5) is 0 Å². The molecule has 1 saturated carbocycles. The topological polar surface area (TPSA) is 66.4 Å². The van der Waals surface area contributed by atoms with Crippen molar-refractivity contribution < 1.29 is 14.7 Å². The molecule has 0 bridgehead atoms. The number of carbonyl (C=O) groups excluding carboxylic acids is 1. The number of rotatable bonds is 4. The van der Waals surface area contributed by atoms with E-state index in [0.29, 0.717) is 25.8 Å². The van der Waals surface area contributed by atoms with Gasteiger partial charge in [0.05, 0.1) is 5.92 Å². The number of aliphatic carboxylic acids is 1. The van der Waals surface area contributed by atoms with Crippen molar-refractivity contribution in [2.24, 2.45) is 11.8 Å². The Labute approximate surface area is 77.3 Å². The highest BCUT2D eigenvalue weighted by Crippen LogP contribution is 2.35. The van der Waals surface area contributed by atoms with Gasteiger partial charge in [0.1, 0.15) is 0 Å². The van der Waals surface area contributed by atoms with E-state index in [0.717, 1.165) is 0 Å². The normalized spacial score (nSPS) is 26.2. The first-order valence-electron chi connectivity index (χ1n) is 4.63. The van der Waals surface area contributed by atoms with Crippen molar-refractivity contribution in [2.75, 3.05) is 6.54 Å². The number of hydrogen-bond donors (Lipinski definition) is 2. The molecule has 0 spiro atoms. The van der Waals surface area contributed by atoms with Gasteiger partial charge in [-0.25, -0.2) is 0 Å². The van der Waals surface area contributed by atoms with Crippen molar-refractivity contribution in [2.45, 2.75) is 26.2 Å². The lowest BCUT2D eigenvalue weighted by atomic mass is 9.73. The monoisotopic (exact) mass is 185 g/mol. The highest BCUT2D eigenvalue weighted by molar-refractivity contribution is 5.77. The molecule has 0 heterocycles. The SMILES string of the molecule is CCNC(=O)CC1CC(C(=O)O)C1. The zero-order valence-electron chi connectivity index (χ0n) is 7.75. The van der Waals surface area contributed by atoms with Crippen molar-refractivity contribution >= 4 is 11.9 Å². The van der Waals surface area contributed by atoms with Crippen molar-refractivity contribution in [3.63, 3.8) is 0 Å². The van der Waals surface area contributed by atoms with Crippen LogP contribution >= 0.6 is 0 Å². The predicted octanol–water partition coefficient (Wildman–Crippen LogP) is 0.623. The molecule has 1 aliphatic carbocycles. The number of amides is 1. The number of carboxylic acids is 1. The lowest BCUT2D eigenvalue weighted by Crippen LogP contribution is -2.34. The van der Waals surface area contributed by atoms with Crippen LogP contribution in [0.2, 0.25) is 0 Å². The van der Waals surface area contributed by atoms with E-state index >= 15 is 0 Å². The third-order valence-electron chi connectivity index (χ3n) is 2.43. The molecule has 0 aromatic rings. The van der Waals surface area contributed by atoms with Gasteiger partial charge in [0.2, 0.25) is 5.91 Å². The average Bonchev–Trinajstić information content (AvgIpc) is 1.95. The summed E-state index contributed by atoms with van der Waals surface area (Å²) in [5.41, 5.74) is 0. The Morgan fingerprint density at radius 3 is 2.54 bits per heavy atom. The van der Waals surface area contributed by atoms with Crippen LogP contribution in [0.5, 0.6) is 0 Å². The van der Waals surface area contributed by atoms with Crippen LogP contribution in [0.15, 0.2) is 0 Å². The highest BCUT2D eigenvalue weighted by atomic mass is 16.4. The Morgan fingerprint density at radius 1 is 1.46 bits per heavy atom. The van der Waals surface area contributed by atoms with Crippen molar-refractivity contribution in [3.8, 4) is 0 Å². The van der Waals surface area contributed by atoms with Crippen molar-refractivity contribution in [3.05, 3.63) is 0 Å². The summed E-state index contributed by atoms with van der Waals surface area (Å²) in [7, 11) is 0. The summed E-state index contributed by atoms with van der Waals surface area (Å²) >= 11 is 0. The van der Waals surface area contributed by atoms with E-state index in [1.165, 1.54) is 0 Å². The second-order valence-electron chi connectivity index (χ2n) is 3.53. The quantitative estimate of drug-likeness (QED) is 0.674. The van der Waals surface area contributed by atoms with Crippen LogP contribution in [0, 0.1) is 11.8 Å². The Hall–Kier alpha value is -1.06. The molecule has 4 nitrogen and oxygen atoms in total. The van der Waals surface area contributed by atoms with Crippen LogP contribution in [0.25, 0.3) is 0 Å². The third-order valence-corrected chi connectivity index (χ3v) is 2.43. The number of nitrogens with one attached hydrogen (secondary N) is 1. The standard InChI is InChI=1S/C9H15NO3/c1-2-10-8(11)5-6-3-7(4-6)9(12)13/h6-7H,2-5H2,1H3,(H,10,11)(H,12,13). The van der Waals surface area contributed by atoms with Gasteiger partial charge in [-0.3, -0.25) is 9.59 Å². The summed E-state index contributed by atoms with van der Waals surface area (Å²) in [6.07, 6.45) is 1.80. The molecule has 1 aliphatic rings. The van der Waals surface area contributed by atoms with E-state index in [1.807, 2.05) is 6.92 Å². The summed E-state index contributed by atoms with van der Waals surface area (Å²) in [6, 6.07) is 0. The molecule has 0 aliphatic heterocycles. The highest BCUT2D eigenvalue weighted by Gasteiger charge is 2.35. The van der Waals surface area contributed by atoms with E-state index in [4.69, 9.17) is 5.11 Å². The van der Waals surface area contributed by atoms with E-state index in [1.54, 1.807) is 0 Å². The molecule has 1 rings (SSSR count). The van der Waals surface area contributed by atoms with E-state index < -0.39 is 5.97 Å². The molecule has 2 N–H and O–H groups in total. The first-order chi connectivity index (χ1) is 6.13. The molecular weight excluding hydrogens is 170 g/mol. The van der Waals surface area contributed by atoms with Gasteiger partial charge in [0, 0.05) is 13.0 Å². The lowest BCUT2D eigenvalue weighted by Gasteiger charge is -2.31. The number of carboxylic acid groups (broad SMARTS) is 1. The van der Waals surface area contributed by atoms with Gasteiger partial charge < -0.3 is 10.4 Å². The molecule has 0 atom stereocenters. The van der Waals surface area contributed by atoms with Gasteiger partial charge in [-0.15, -0.1) is 0 Å². The molecule has 74 valence electrons. The van der Waals surface area contributed by atoms with Gasteiger partial charge in [-0.05, 0) is 25.7 Å². The summed E-state index contributed by atoms with van der Waals surface area (Å²) in [5, 5.41) is 11.3. The van der Waals surface area contributed by atoms with Crippen molar-refractivity contribution in [1.82, 2.24) is 5.32 Å². The zero-order chi connectivity index (χ0) is 9.84. The van der Waals surface area contributed by atoms with Crippen LogP contribution in [-0.4, -0.2) is 23.5 Å². The van der Waals surface area contributed by atoms with Crippen LogP contribution in [0.1, 0.15) is 26.2 Å². The van der Waals surface area contributed by atoms with Crippen LogP contribution in [-0.2, 0) is 9.59 Å². The van der Waals surface area contributed by atoms with E-state index in [9.17, 15) is 9.59 Å². The molecule has 0 radical (unpaired) electrons. The molecule has 0 saturated heterocycles. The predicted molar refractivity (Wildman–Crippen MR) is 47.2 cm³/mol. The Bertz CT molecular complexity index is 209. The summed E-state index contributed by atoms with van der Waals surface area (Å²) in [4.78, 5) is 21.5. The van der Waals surface area contributed by atoms with Gasteiger partial charge >= 0.3 is 5.97 Å². The minimum atomic E-state index is -0.729. The summed E-state index contributed by atoms with van der Waals surface area (Å²) < 4.78 is 0. The first kappa shape index (κ1) is 10.0. The van der Waals surface area contributed by atoms with Gasteiger partial charge in [0.15, 0.2) is 0 Å². The van der Waals surface area contributed by atoms with Gasteiger partial charge in [-0.2, -0.15) is 0 Å². The maximum atomic E-state index is 11.1.